The molecular formula is C11H11NO4. The highest BCUT2D eigenvalue weighted by Crippen LogP contribution is 2.20. The number of esters is 1. The number of ether oxygens (including phenoxy) is 1. The van der Waals surface area contributed by atoms with Gasteiger partial charge in [0.15, 0.2) is 0 Å². The summed E-state index contributed by atoms with van der Waals surface area (Å²) in [6.45, 7) is 5.17. The van der Waals surface area contributed by atoms with E-state index in [0.717, 1.165) is 5.56 Å². The van der Waals surface area contributed by atoms with Gasteiger partial charge in [0.05, 0.1) is 4.92 Å². The first-order valence-corrected chi connectivity index (χ1v) is 4.59. The lowest BCUT2D eigenvalue weighted by Crippen LogP contribution is -2.08. The van der Waals surface area contributed by atoms with E-state index in [1.165, 1.54) is 18.2 Å². The van der Waals surface area contributed by atoms with Gasteiger partial charge in [0, 0.05) is 6.07 Å². The van der Waals surface area contributed by atoms with Crippen LogP contribution in [0.2, 0.25) is 0 Å². The van der Waals surface area contributed by atoms with E-state index in [1.807, 2.05) is 0 Å². The zero-order valence-electron chi connectivity index (χ0n) is 8.80. The van der Waals surface area contributed by atoms with Crippen LogP contribution < -0.4 is 0 Å². The van der Waals surface area contributed by atoms with Crippen molar-refractivity contribution >= 4 is 11.7 Å². The summed E-state index contributed by atoms with van der Waals surface area (Å²) in [5, 5.41) is 10.7. The number of aryl methyl sites for hydroxylation is 1. The SMILES string of the molecule is C=CCOC(=O)c1cc(C)ccc1[N+](=O)[O-]. The van der Waals surface area contributed by atoms with Gasteiger partial charge in [-0.15, -0.1) is 0 Å². The van der Waals surface area contributed by atoms with Crippen LogP contribution in [0.1, 0.15) is 15.9 Å². The average Bonchev–Trinajstić information content (AvgIpc) is 2.25. The highest BCUT2D eigenvalue weighted by Gasteiger charge is 2.20. The average molecular weight is 221 g/mol. The standard InChI is InChI=1S/C11H11NO4/c1-3-6-16-11(13)9-7-8(2)4-5-10(9)12(14)15/h3-5,7H,1,6H2,2H3. The third-order valence-electron chi connectivity index (χ3n) is 1.90. The second-order valence-corrected chi connectivity index (χ2v) is 3.16. The molecule has 0 aliphatic heterocycles. The molecule has 0 amide bonds. The Morgan fingerprint density at radius 3 is 2.88 bits per heavy atom. The lowest BCUT2D eigenvalue weighted by atomic mass is 10.1. The minimum Gasteiger partial charge on any atom is -0.458 e. The fourth-order valence-corrected chi connectivity index (χ4v) is 1.18. The molecule has 0 aliphatic carbocycles. The molecule has 0 atom stereocenters. The molecule has 1 aromatic carbocycles. The normalized spacial score (nSPS) is 9.56. The molecule has 0 fully saturated rings. The maximum absolute atomic E-state index is 11.5. The van der Waals surface area contributed by atoms with Crippen LogP contribution in [0.15, 0.2) is 30.9 Å². The summed E-state index contributed by atoms with van der Waals surface area (Å²) < 4.78 is 4.76. The van der Waals surface area contributed by atoms with Crippen molar-refractivity contribution in [3.63, 3.8) is 0 Å². The van der Waals surface area contributed by atoms with Crippen LogP contribution >= 0.6 is 0 Å². The second kappa shape index (κ2) is 5.06. The number of hydrogen-bond donors (Lipinski definition) is 0. The van der Waals surface area contributed by atoms with Crippen LogP contribution in [-0.4, -0.2) is 17.5 Å². The molecule has 84 valence electrons. The Labute approximate surface area is 92.5 Å². The molecule has 5 heteroatoms. The molecule has 0 bridgehead atoms. The summed E-state index contributed by atoms with van der Waals surface area (Å²) >= 11 is 0. The maximum Gasteiger partial charge on any atom is 0.345 e. The van der Waals surface area contributed by atoms with Crippen LogP contribution in [0.3, 0.4) is 0 Å². The Kier molecular flexibility index (Phi) is 3.77. The molecule has 0 radical (unpaired) electrons. The Hall–Kier alpha value is -2.17. The molecular weight excluding hydrogens is 210 g/mol. The van der Waals surface area contributed by atoms with Crippen molar-refractivity contribution in [1.82, 2.24) is 0 Å². The molecule has 0 spiro atoms. The minimum atomic E-state index is -0.713. The van der Waals surface area contributed by atoms with Crippen LogP contribution in [-0.2, 0) is 4.74 Å². The summed E-state index contributed by atoms with van der Waals surface area (Å²) in [5.41, 5.74) is 0.475. The van der Waals surface area contributed by atoms with Crippen LogP contribution in [0, 0.1) is 17.0 Å². The molecule has 1 rings (SSSR count). The molecule has 0 heterocycles. The summed E-state index contributed by atoms with van der Waals surface area (Å²) in [4.78, 5) is 21.6. The van der Waals surface area contributed by atoms with Gasteiger partial charge in [-0.25, -0.2) is 4.79 Å². The van der Waals surface area contributed by atoms with Crippen molar-refractivity contribution in [3.05, 3.63) is 52.1 Å². The van der Waals surface area contributed by atoms with E-state index in [0.29, 0.717) is 0 Å². The third-order valence-corrected chi connectivity index (χ3v) is 1.90. The molecule has 1 aromatic rings. The number of nitrogens with zero attached hydrogens (tertiary/aromatic N) is 1. The van der Waals surface area contributed by atoms with Crippen molar-refractivity contribution in [3.8, 4) is 0 Å². The zero-order chi connectivity index (χ0) is 12.1. The first-order chi connectivity index (χ1) is 7.56. The van der Waals surface area contributed by atoms with Gasteiger partial charge in [-0.05, 0) is 18.6 Å². The Bertz CT molecular complexity index is 440. The number of hydrogen-bond acceptors (Lipinski definition) is 4. The molecule has 0 aromatic heterocycles. The van der Waals surface area contributed by atoms with Crippen molar-refractivity contribution in [2.45, 2.75) is 6.92 Å². The third kappa shape index (κ3) is 2.66. The summed E-state index contributed by atoms with van der Waals surface area (Å²) in [6, 6.07) is 4.30. The van der Waals surface area contributed by atoms with Gasteiger partial charge in [0.2, 0.25) is 0 Å². The largest absolute Gasteiger partial charge is 0.458 e. The van der Waals surface area contributed by atoms with Gasteiger partial charge in [-0.2, -0.15) is 0 Å². The highest BCUT2D eigenvalue weighted by molar-refractivity contribution is 5.94. The zero-order valence-corrected chi connectivity index (χ0v) is 8.80. The van der Waals surface area contributed by atoms with E-state index in [9.17, 15) is 14.9 Å². The molecule has 0 N–H and O–H groups in total. The van der Waals surface area contributed by atoms with E-state index in [4.69, 9.17) is 4.74 Å². The second-order valence-electron chi connectivity index (χ2n) is 3.16. The van der Waals surface area contributed by atoms with Gasteiger partial charge >= 0.3 is 5.97 Å². The predicted molar refractivity (Wildman–Crippen MR) is 58.3 cm³/mol. The fourth-order valence-electron chi connectivity index (χ4n) is 1.18. The van der Waals surface area contributed by atoms with E-state index >= 15 is 0 Å². The van der Waals surface area contributed by atoms with Crippen LogP contribution in [0.25, 0.3) is 0 Å². The number of nitro benzene ring substituents is 1. The topological polar surface area (TPSA) is 69.4 Å². The molecule has 0 saturated carbocycles. The first kappa shape index (κ1) is 11.9. The van der Waals surface area contributed by atoms with Crippen molar-refractivity contribution in [2.24, 2.45) is 0 Å². The first-order valence-electron chi connectivity index (χ1n) is 4.59. The van der Waals surface area contributed by atoms with Gasteiger partial charge in [0.25, 0.3) is 5.69 Å². The van der Waals surface area contributed by atoms with Gasteiger partial charge in [-0.1, -0.05) is 18.7 Å². The van der Waals surface area contributed by atoms with Crippen molar-refractivity contribution in [2.75, 3.05) is 6.61 Å². The molecule has 0 saturated heterocycles. The minimum absolute atomic E-state index is 0.0317. The number of rotatable bonds is 4. The smallest absolute Gasteiger partial charge is 0.345 e. The van der Waals surface area contributed by atoms with E-state index in [1.54, 1.807) is 13.0 Å². The maximum atomic E-state index is 11.5. The van der Waals surface area contributed by atoms with Gasteiger partial charge < -0.3 is 4.74 Å². The van der Waals surface area contributed by atoms with E-state index in [-0.39, 0.29) is 17.9 Å². The highest BCUT2D eigenvalue weighted by atomic mass is 16.6. The quantitative estimate of drug-likeness (QED) is 0.338. The molecule has 0 aliphatic rings. The Morgan fingerprint density at radius 2 is 2.31 bits per heavy atom. The van der Waals surface area contributed by atoms with Crippen molar-refractivity contribution in [1.29, 1.82) is 0 Å². The number of carbonyl (C=O) groups is 1. The van der Waals surface area contributed by atoms with Gasteiger partial charge in [-0.3, -0.25) is 10.1 Å². The number of nitro groups is 1. The fraction of sp³-hybridized carbons (Fsp3) is 0.182. The number of benzene rings is 1. The summed E-state index contributed by atoms with van der Waals surface area (Å²) in [5.74, 6) is -0.713. The Balaban J connectivity index is 3.09. The molecule has 0 unspecified atom stereocenters. The molecule has 5 nitrogen and oxygen atoms in total. The number of carbonyl (C=O) groups excluding carboxylic acids is 1. The summed E-state index contributed by atoms with van der Waals surface area (Å²) in [7, 11) is 0. The van der Waals surface area contributed by atoms with Crippen molar-refractivity contribution < 1.29 is 14.5 Å². The van der Waals surface area contributed by atoms with Crippen LogP contribution in [0.5, 0.6) is 0 Å². The lowest BCUT2D eigenvalue weighted by molar-refractivity contribution is -0.385. The molecule has 16 heavy (non-hydrogen) atoms. The van der Waals surface area contributed by atoms with E-state index in [2.05, 4.69) is 6.58 Å². The van der Waals surface area contributed by atoms with Crippen LogP contribution in [0.4, 0.5) is 5.69 Å². The van der Waals surface area contributed by atoms with E-state index < -0.39 is 10.9 Å². The summed E-state index contributed by atoms with van der Waals surface area (Å²) in [6.07, 6.45) is 1.40. The predicted octanol–water partition coefficient (Wildman–Crippen LogP) is 2.25. The lowest BCUT2D eigenvalue weighted by Gasteiger charge is -2.03. The monoisotopic (exact) mass is 221 g/mol. The Morgan fingerprint density at radius 1 is 1.62 bits per heavy atom. The van der Waals surface area contributed by atoms with Gasteiger partial charge in [0.1, 0.15) is 12.2 Å².